The van der Waals surface area contributed by atoms with Crippen molar-refractivity contribution in [1.82, 2.24) is 10.1 Å². The molecule has 0 aliphatic carbocycles. The SMILES string of the molecule is O=C(O)[C@H]1CCCN1C(=O)c1cc(-c2cccc(Cl)c2)no1. The normalized spacial score (nSPS) is 17.7. The molecule has 2 heterocycles. The van der Waals surface area contributed by atoms with Crippen molar-refractivity contribution in [3.05, 3.63) is 41.1 Å². The van der Waals surface area contributed by atoms with Crippen molar-refractivity contribution in [3.63, 3.8) is 0 Å². The molecule has 1 aliphatic rings. The molecule has 1 aromatic carbocycles. The first-order valence-electron chi connectivity index (χ1n) is 6.82. The summed E-state index contributed by atoms with van der Waals surface area (Å²) in [5, 5.41) is 13.6. The standard InChI is InChI=1S/C15H13ClN2O4/c16-10-4-1-3-9(7-10)11-8-13(22-17-11)14(19)18-6-2-5-12(18)15(20)21/h1,3-4,7-8,12H,2,5-6H2,(H,20,21)/t12-/m1/s1. The smallest absolute Gasteiger partial charge is 0.326 e. The zero-order chi connectivity index (χ0) is 15.7. The number of nitrogens with zero attached hydrogens (tertiary/aromatic N) is 2. The van der Waals surface area contributed by atoms with Crippen LogP contribution in [0.3, 0.4) is 0 Å². The minimum Gasteiger partial charge on any atom is -0.480 e. The fraction of sp³-hybridized carbons (Fsp3) is 0.267. The van der Waals surface area contributed by atoms with Crippen LogP contribution in [0.5, 0.6) is 0 Å². The summed E-state index contributed by atoms with van der Waals surface area (Å²) in [4.78, 5) is 24.8. The molecule has 1 aromatic heterocycles. The van der Waals surface area contributed by atoms with E-state index in [9.17, 15) is 9.59 Å². The van der Waals surface area contributed by atoms with Crippen molar-refractivity contribution >= 4 is 23.5 Å². The lowest BCUT2D eigenvalue weighted by Crippen LogP contribution is -2.40. The van der Waals surface area contributed by atoms with Gasteiger partial charge in [-0.1, -0.05) is 28.9 Å². The lowest BCUT2D eigenvalue weighted by Gasteiger charge is -2.19. The zero-order valence-corrected chi connectivity index (χ0v) is 12.3. The quantitative estimate of drug-likeness (QED) is 0.940. The molecule has 3 rings (SSSR count). The Balaban J connectivity index is 1.84. The summed E-state index contributed by atoms with van der Waals surface area (Å²) in [5.41, 5.74) is 1.21. The third kappa shape index (κ3) is 2.69. The summed E-state index contributed by atoms with van der Waals surface area (Å²) < 4.78 is 5.08. The van der Waals surface area contributed by atoms with E-state index in [2.05, 4.69) is 5.16 Å². The third-order valence-corrected chi connectivity index (χ3v) is 3.88. The second-order valence-corrected chi connectivity index (χ2v) is 5.52. The van der Waals surface area contributed by atoms with Gasteiger partial charge in [0.2, 0.25) is 5.76 Å². The molecule has 0 bridgehead atoms. The Hall–Kier alpha value is -2.34. The van der Waals surface area contributed by atoms with Crippen LogP contribution < -0.4 is 0 Å². The highest BCUT2D eigenvalue weighted by Crippen LogP contribution is 2.25. The van der Waals surface area contributed by atoms with E-state index in [-0.39, 0.29) is 5.76 Å². The Morgan fingerprint density at radius 2 is 2.18 bits per heavy atom. The van der Waals surface area contributed by atoms with Gasteiger partial charge in [-0.3, -0.25) is 4.79 Å². The van der Waals surface area contributed by atoms with Gasteiger partial charge in [0.1, 0.15) is 11.7 Å². The molecule has 0 spiro atoms. The van der Waals surface area contributed by atoms with Crippen LogP contribution in [0, 0.1) is 0 Å². The van der Waals surface area contributed by atoms with Crippen LogP contribution in [0.15, 0.2) is 34.9 Å². The van der Waals surface area contributed by atoms with Crippen molar-refractivity contribution in [2.45, 2.75) is 18.9 Å². The average molecular weight is 321 g/mol. The van der Waals surface area contributed by atoms with Crippen molar-refractivity contribution < 1.29 is 19.2 Å². The molecule has 1 saturated heterocycles. The Morgan fingerprint density at radius 3 is 2.91 bits per heavy atom. The number of aromatic nitrogens is 1. The van der Waals surface area contributed by atoms with Gasteiger partial charge in [0.15, 0.2) is 0 Å². The number of likely N-dealkylation sites (tertiary alicyclic amines) is 1. The Morgan fingerprint density at radius 1 is 1.36 bits per heavy atom. The molecular formula is C15H13ClN2O4. The minimum absolute atomic E-state index is 0.0307. The number of aliphatic carboxylic acids is 1. The molecule has 0 saturated carbocycles. The van der Waals surface area contributed by atoms with E-state index in [1.165, 1.54) is 11.0 Å². The fourth-order valence-electron chi connectivity index (χ4n) is 2.57. The van der Waals surface area contributed by atoms with Crippen LogP contribution in [0.2, 0.25) is 5.02 Å². The molecule has 1 amide bonds. The van der Waals surface area contributed by atoms with Crippen molar-refractivity contribution in [2.75, 3.05) is 6.54 Å². The molecule has 1 aliphatic heterocycles. The predicted octanol–water partition coefficient (Wildman–Crippen LogP) is 2.68. The zero-order valence-electron chi connectivity index (χ0n) is 11.5. The van der Waals surface area contributed by atoms with Crippen LogP contribution in [0.1, 0.15) is 23.4 Å². The van der Waals surface area contributed by atoms with Crippen LogP contribution in [-0.2, 0) is 4.79 Å². The largest absolute Gasteiger partial charge is 0.480 e. The van der Waals surface area contributed by atoms with Gasteiger partial charge in [0.25, 0.3) is 5.91 Å². The monoisotopic (exact) mass is 320 g/mol. The fourth-order valence-corrected chi connectivity index (χ4v) is 2.76. The van der Waals surface area contributed by atoms with Crippen molar-refractivity contribution in [3.8, 4) is 11.3 Å². The highest BCUT2D eigenvalue weighted by molar-refractivity contribution is 6.30. The van der Waals surface area contributed by atoms with E-state index in [1.807, 2.05) is 0 Å². The van der Waals surface area contributed by atoms with Crippen LogP contribution in [0.25, 0.3) is 11.3 Å². The van der Waals surface area contributed by atoms with Gasteiger partial charge in [-0.15, -0.1) is 0 Å². The molecular weight excluding hydrogens is 308 g/mol. The summed E-state index contributed by atoms with van der Waals surface area (Å²) in [7, 11) is 0. The molecule has 22 heavy (non-hydrogen) atoms. The van der Waals surface area contributed by atoms with E-state index < -0.39 is 17.9 Å². The van der Waals surface area contributed by atoms with Gasteiger partial charge in [0, 0.05) is 23.2 Å². The molecule has 2 aromatic rings. The third-order valence-electron chi connectivity index (χ3n) is 3.64. The highest BCUT2D eigenvalue weighted by Gasteiger charge is 2.36. The van der Waals surface area contributed by atoms with E-state index >= 15 is 0 Å². The van der Waals surface area contributed by atoms with Crippen LogP contribution in [-0.4, -0.2) is 39.6 Å². The van der Waals surface area contributed by atoms with E-state index in [4.69, 9.17) is 21.2 Å². The molecule has 0 radical (unpaired) electrons. The van der Waals surface area contributed by atoms with E-state index in [1.54, 1.807) is 24.3 Å². The van der Waals surface area contributed by atoms with Crippen LogP contribution >= 0.6 is 11.6 Å². The maximum atomic E-state index is 12.4. The van der Waals surface area contributed by atoms with Gasteiger partial charge in [-0.25, -0.2) is 4.79 Å². The number of rotatable bonds is 3. The number of carboxylic acids is 1. The van der Waals surface area contributed by atoms with Gasteiger partial charge in [-0.05, 0) is 25.0 Å². The van der Waals surface area contributed by atoms with Gasteiger partial charge in [-0.2, -0.15) is 0 Å². The van der Waals surface area contributed by atoms with Crippen molar-refractivity contribution in [2.24, 2.45) is 0 Å². The lowest BCUT2D eigenvalue weighted by atomic mass is 10.1. The second-order valence-electron chi connectivity index (χ2n) is 5.08. The molecule has 1 N–H and O–H groups in total. The first kappa shape index (κ1) is 14.6. The molecule has 6 nitrogen and oxygen atoms in total. The molecule has 1 atom stereocenters. The number of carboxylic acid groups (broad SMARTS) is 1. The summed E-state index contributed by atoms with van der Waals surface area (Å²) >= 11 is 5.92. The average Bonchev–Trinajstić information content (AvgIpc) is 3.16. The Kier molecular flexibility index (Phi) is 3.85. The highest BCUT2D eigenvalue weighted by atomic mass is 35.5. The second kappa shape index (κ2) is 5.81. The lowest BCUT2D eigenvalue weighted by molar-refractivity contribution is -0.141. The maximum absolute atomic E-state index is 12.4. The molecule has 0 unspecified atom stereocenters. The summed E-state index contributed by atoms with van der Waals surface area (Å²) in [6.07, 6.45) is 1.12. The first-order chi connectivity index (χ1) is 10.6. The Bertz CT molecular complexity index is 728. The van der Waals surface area contributed by atoms with Gasteiger partial charge in [0.05, 0.1) is 0 Å². The number of halogens is 1. The number of carbonyl (C=O) groups excluding carboxylic acids is 1. The maximum Gasteiger partial charge on any atom is 0.326 e. The first-order valence-corrected chi connectivity index (χ1v) is 7.20. The summed E-state index contributed by atoms with van der Waals surface area (Å²) in [6, 6.07) is 7.73. The van der Waals surface area contributed by atoms with Crippen molar-refractivity contribution in [1.29, 1.82) is 0 Å². The van der Waals surface area contributed by atoms with E-state index in [0.29, 0.717) is 30.1 Å². The predicted molar refractivity (Wildman–Crippen MR) is 78.6 cm³/mol. The van der Waals surface area contributed by atoms with Crippen LogP contribution in [0.4, 0.5) is 0 Å². The summed E-state index contributed by atoms with van der Waals surface area (Å²) in [5.74, 6) is -1.42. The summed E-state index contributed by atoms with van der Waals surface area (Å²) in [6.45, 7) is 0.406. The van der Waals surface area contributed by atoms with Gasteiger partial charge >= 0.3 is 5.97 Å². The molecule has 114 valence electrons. The number of carbonyl (C=O) groups is 2. The Labute approximate surface area is 131 Å². The number of benzene rings is 1. The molecule has 7 heteroatoms. The minimum atomic E-state index is -1.000. The topological polar surface area (TPSA) is 83.6 Å². The van der Waals surface area contributed by atoms with E-state index in [0.717, 1.165) is 5.56 Å². The number of amides is 1. The molecule has 1 fully saturated rings. The number of hydrogen-bond acceptors (Lipinski definition) is 4. The number of hydrogen-bond donors (Lipinski definition) is 1. The van der Waals surface area contributed by atoms with Gasteiger partial charge < -0.3 is 14.5 Å².